The molecule has 20 heavy (non-hydrogen) atoms. The molecule has 0 unspecified atom stereocenters. The number of benzene rings is 1. The Morgan fingerprint density at radius 2 is 1.95 bits per heavy atom. The molecule has 0 radical (unpaired) electrons. The van der Waals surface area contributed by atoms with Crippen molar-refractivity contribution < 1.29 is 4.79 Å². The van der Waals surface area contributed by atoms with Gasteiger partial charge in [-0.25, -0.2) is 0 Å². The first kappa shape index (κ1) is 15.4. The van der Waals surface area contributed by atoms with Crippen molar-refractivity contribution in [1.29, 1.82) is 0 Å². The zero-order chi connectivity index (χ0) is 14.2. The number of carbonyl (C=O) groups is 1. The summed E-state index contributed by atoms with van der Waals surface area (Å²) in [7, 11) is 0. The number of nitrogens with one attached hydrogen (secondary N) is 2. The van der Waals surface area contributed by atoms with Crippen molar-refractivity contribution >= 4 is 23.4 Å². The van der Waals surface area contributed by atoms with Gasteiger partial charge >= 0.3 is 0 Å². The molecule has 2 N–H and O–H groups in total. The summed E-state index contributed by atoms with van der Waals surface area (Å²) in [5, 5.41) is 6.87. The molecular weight excluding hydrogens is 268 g/mol. The van der Waals surface area contributed by atoms with Gasteiger partial charge in [0, 0.05) is 28.8 Å². The van der Waals surface area contributed by atoms with Crippen molar-refractivity contribution in [3.8, 4) is 0 Å². The van der Waals surface area contributed by atoms with Gasteiger partial charge in [0.15, 0.2) is 0 Å². The standard InChI is InChI=1S/C16H24N2OS/c1-2-17-12-11-16(19)18-13-7-9-15(10-8-13)20-14-5-3-4-6-14/h7-10,14,17H,2-6,11-12H2,1H3,(H,18,19). The van der Waals surface area contributed by atoms with Gasteiger partial charge in [0.2, 0.25) is 5.91 Å². The van der Waals surface area contributed by atoms with Crippen LogP contribution in [0.3, 0.4) is 0 Å². The van der Waals surface area contributed by atoms with Gasteiger partial charge in [0.05, 0.1) is 0 Å². The molecule has 1 saturated carbocycles. The maximum atomic E-state index is 11.7. The van der Waals surface area contributed by atoms with Crippen LogP contribution in [0.2, 0.25) is 0 Å². The molecular formula is C16H24N2OS. The molecule has 0 bridgehead atoms. The first-order valence-electron chi connectivity index (χ1n) is 7.55. The molecule has 2 rings (SSSR count). The number of anilines is 1. The Kier molecular flexibility index (Phi) is 6.40. The smallest absolute Gasteiger partial charge is 0.225 e. The number of carbonyl (C=O) groups excluding carboxylic acids is 1. The van der Waals surface area contributed by atoms with Gasteiger partial charge in [-0.05, 0) is 43.7 Å². The van der Waals surface area contributed by atoms with E-state index in [0.717, 1.165) is 24.0 Å². The lowest BCUT2D eigenvalue weighted by Crippen LogP contribution is -2.21. The average Bonchev–Trinajstić information content (AvgIpc) is 2.94. The lowest BCUT2D eigenvalue weighted by molar-refractivity contribution is -0.116. The summed E-state index contributed by atoms with van der Waals surface area (Å²) < 4.78 is 0. The van der Waals surface area contributed by atoms with E-state index in [4.69, 9.17) is 0 Å². The number of amides is 1. The summed E-state index contributed by atoms with van der Waals surface area (Å²) in [4.78, 5) is 13.0. The van der Waals surface area contributed by atoms with Crippen LogP contribution < -0.4 is 10.6 Å². The molecule has 1 aliphatic rings. The molecule has 0 aromatic heterocycles. The van der Waals surface area contributed by atoms with Gasteiger partial charge in [0.25, 0.3) is 0 Å². The first-order valence-corrected chi connectivity index (χ1v) is 8.43. The Labute approximate surface area is 125 Å². The highest BCUT2D eigenvalue weighted by molar-refractivity contribution is 8.00. The van der Waals surface area contributed by atoms with E-state index >= 15 is 0 Å². The quantitative estimate of drug-likeness (QED) is 0.754. The largest absolute Gasteiger partial charge is 0.326 e. The summed E-state index contributed by atoms with van der Waals surface area (Å²) in [5.41, 5.74) is 0.891. The molecule has 1 aromatic carbocycles. The van der Waals surface area contributed by atoms with E-state index in [1.807, 2.05) is 30.8 Å². The van der Waals surface area contributed by atoms with E-state index in [1.165, 1.54) is 30.6 Å². The SMILES string of the molecule is CCNCCC(=O)Nc1ccc(SC2CCCC2)cc1. The normalized spacial score (nSPS) is 15.4. The second kappa shape index (κ2) is 8.32. The Bertz CT molecular complexity index is 413. The monoisotopic (exact) mass is 292 g/mol. The molecule has 1 fully saturated rings. The van der Waals surface area contributed by atoms with Crippen LogP contribution in [0.5, 0.6) is 0 Å². The summed E-state index contributed by atoms with van der Waals surface area (Å²) in [5.74, 6) is 0.0714. The summed E-state index contributed by atoms with van der Waals surface area (Å²) in [6.45, 7) is 3.68. The number of rotatable bonds is 7. The zero-order valence-electron chi connectivity index (χ0n) is 12.2. The second-order valence-corrected chi connectivity index (χ2v) is 6.57. The van der Waals surface area contributed by atoms with E-state index in [0.29, 0.717) is 6.42 Å². The molecule has 4 heteroatoms. The highest BCUT2D eigenvalue weighted by Gasteiger charge is 2.15. The van der Waals surface area contributed by atoms with Crippen LogP contribution >= 0.6 is 11.8 Å². The van der Waals surface area contributed by atoms with Crippen LogP contribution in [-0.2, 0) is 4.79 Å². The molecule has 0 heterocycles. The fraction of sp³-hybridized carbons (Fsp3) is 0.562. The molecule has 0 saturated heterocycles. The van der Waals surface area contributed by atoms with Gasteiger partial charge in [-0.15, -0.1) is 11.8 Å². The van der Waals surface area contributed by atoms with Crippen LogP contribution in [0.1, 0.15) is 39.0 Å². The Balaban J connectivity index is 1.77. The summed E-state index contributed by atoms with van der Waals surface area (Å²) in [6, 6.07) is 8.23. The molecule has 0 atom stereocenters. The average molecular weight is 292 g/mol. The van der Waals surface area contributed by atoms with Crippen molar-refractivity contribution in [2.75, 3.05) is 18.4 Å². The zero-order valence-corrected chi connectivity index (χ0v) is 13.0. The van der Waals surface area contributed by atoms with Gasteiger partial charge in [-0.1, -0.05) is 19.8 Å². The van der Waals surface area contributed by atoms with E-state index in [9.17, 15) is 4.79 Å². The van der Waals surface area contributed by atoms with Gasteiger partial charge in [-0.3, -0.25) is 4.79 Å². The third-order valence-electron chi connectivity index (χ3n) is 3.52. The maximum Gasteiger partial charge on any atom is 0.225 e. The minimum atomic E-state index is 0.0714. The fourth-order valence-corrected chi connectivity index (χ4v) is 3.66. The van der Waals surface area contributed by atoms with Crippen LogP contribution in [0, 0.1) is 0 Å². The molecule has 1 aromatic rings. The Hall–Kier alpha value is -1.00. The van der Waals surface area contributed by atoms with E-state index < -0.39 is 0 Å². The van der Waals surface area contributed by atoms with Crippen LogP contribution in [0.25, 0.3) is 0 Å². The van der Waals surface area contributed by atoms with Crippen molar-refractivity contribution in [3.63, 3.8) is 0 Å². The third kappa shape index (κ3) is 5.17. The van der Waals surface area contributed by atoms with Gasteiger partial charge in [0.1, 0.15) is 0 Å². The van der Waals surface area contributed by atoms with Gasteiger partial charge < -0.3 is 10.6 Å². The Morgan fingerprint density at radius 1 is 1.25 bits per heavy atom. The van der Waals surface area contributed by atoms with Crippen LogP contribution in [-0.4, -0.2) is 24.2 Å². The lowest BCUT2D eigenvalue weighted by atomic mass is 10.3. The van der Waals surface area contributed by atoms with Crippen LogP contribution in [0.15, 0.2) is 29.2 Å². The molecule has 0 spiro atoms. The van der Waals surface area contributed by atoms with Gasteiger partial charge in [-0.2, -0.15) is 0 Å². The summed E-state index contributed by atoms with van der Waals surface area (Å²) >= 11 is 1.97. The fourth-order valence-electron chi connectivity index (χ4n) is 2.42. The minimum Gasteiger partial charge on any atom is -0.326 e. The number of thioether (sulfide) groups is 1. The molecule has 3 nitrogen and oxygen atoms in total. The predicted octanol–water partition coefficient (Wildman–Crippen LogP) is 3.66. The van der Waals surface area contributed by atoms with Crippen molar-refractivity contribution in [2.24, 2.45) is 0 Å². The second-order valence-electron chi connectivity index (χ2n) is 5.20. The van der Waals surface area contributed by atoms with E-state index in [-0.39, 0.29) is 5.91 Å². The third-order valence-corrected chi connectivity index (χ3v) is 4.87. The topological polar surface area (TPSA) is 41.1 Å². The molecule has 0 aliphatic heterocycles. The number of hydrogen-bond donors (Lipinski definition) is 2. The lowest BCUT2D eigenvalue weighted by Gasteiger charge is -2.10. The highest BCUT2D eigenvalue weighted by Crippen LogP contribution is 2.34. The van der Waals surface area contributed by atoms with Crippen molar-refractivity contribution in [3.05, 3.63) is 24.3 Å². The van der Waals surface area contributed by atoms with E-state index in [1.54, 1.807) is 0 Å². The predicted molar refractivity (Wildman–Crippen MR) is 86.3 cm³/mol. The van der Waals surface area contributed by atoms with Crippen molar-refractivity contribution in [2.45, 2.75) is 49.2 Å². The highest BCUT2D eigenvalue weighted by atomic mass is 32.2. The molecule has 110 valence electrons. The first-order chi connectivity index (χ1) is 9.78. The number of hydrogen-bond acceptors (Lipinski definition) is 3. The van der Waals surface area contributed by atoms with E-state index in [2.05, 4.69) is 22.8 Å². The maximum absolute atomic E-state index is 11.7. The Morgan fingerprint density at radius 3 is 2.60 bits per heavy atom. The molecule has 1 aliphatic carbocycles. The van der Waals surface area contributed by atoms with Crippen LogP contribution in [0.4, 0.5) is 5.69 Å². The van der Waals surface area contributed by atoms with Crippen molar-refractivity contribution in [1.82, 2.24) is 5.32 Å². The summed E-state index contributed by atoms with van der Waals surface area (Å²) in [6.07, 6.45) is 5.95. The minimum absolute atomic E-state index is 0.0714. The molecule has 1 amide bonds.